The van der Waals surface area contributed by atoms with E-state index in [0.29, 0.717) is 25.7 Å². The van der Waals surface area contributed by atoms with E-state index in [2.05, 4.69) is 5.32 Å². The minimum Gasteiger partial charge on any atom is -0.481 e. The van der Waals surface area contributed by atoms with Gasteiger partial charge in [0.1, 0.15) is 5.82 Å². The maximum atomic E-state index is 13.2. The number of nitrogens with one attached hydrogen (secondary N) is 1. The van der Waals surface area contributed by atoms with Crippen molar-refractivity contribution in [2.75, 3.05) is 6.54 Å². The number of carboxylic acids is 1. The van der Waals surface area contributed by atoms with E-state index in [1.807, 2.05) is 13.0 Å². The van der Waals surface area contributed by atoms with E-state index in [1.165, 1.54) is 12.1 Å². The molecule has 0 heterocycles. The third kappa shape index (κ3) is 4.79. The Morgan fingerprint density at radius 2 is 2.00 bits per heavy atom. The Hall–Kier alpha value is -1.91. The molecule has 0 aliphatic heterocycles. The number of benzene rings is 1. The van der Waals surface area contributed by atoms with Crippen molar-refractivity contribution in [3.63, 3.8) is 0 Å². The summed E-state index contributed by atoms with van der Waals surface area (Å²) in [5.41, 5.74) is 0.0554. The van der Waals surface area contributed by atoms with Gasteiger partial charge in [-0.15, -0.1) is 0 Å². The molecule has 0 bridgehead atoms. The highest BCUT2D eigenvalue weighted by molar-refractivity contribution is 5.80. The standard InChI is InChI=1S/C19H26FNO3/c1-14(8-9-15-6-5-7-16(20)12-15)17(22)21-13-19(18(23)24)10-3-2-4-11-19/h5-7,12,14H,2-4,8-11,13H2,1H3,(H,21,22)(H,23,24). The molecule has 1 aromatic carbocycles. The van der Waals surface area contributed by atoms with Gasteiger partial charge in [0.15, 0.2) is 0 Å². The normalized spacial score (nSPS) is 17.9. The van der Waals surface area contributed by atoms with Gasteiger partial charge in [0.05, 0.1) is 5.41 Å². The van der Waals surface area contributed by atoms with Gasteiger partial charge in [0.25, 0.3) is 0 Å². The first-order valence-electron chi connectivity index (χ1n) is 8.68. The number of aryl methyl sites for hydroxylation is 1. The molecule has 2 N–H and O–H groups in total. The van der Waals surface area contributed by atoms with Gasteiger partial charge in [-0.05, 0) is 43.4 Å². The molecule has 1 aromatic rings. The first-order valence-corrected chi connectivity index (χ1v) is 8.68. The highest BCUT2D eigenvalue weighted by Gasteiger charge is 2.39. The number of halogens is 1. The summed E-state index contributed by atoms with van der Waals surface area (Å²) < 4.78 is 13.2. The predicted molar refractivity (Wildman–Crippen MR) is 90.0 cm³/mol. The lowest BCUT2D eigenvalue weighted by atomic mass is 9.74. The van der Waals surface area contributed by atoms with Crippen molar-refractivity contribution >= 4 is 11.9 Å². The maximum Gasteiger partial charge on any atom is 0.311 e. The molecule has 1 unspecified atom stereocenters. The SMILES string of the molecule is CC(CCc1cccc(F)c1)C(=O)NCC1(C(=O)O)CCCCC1. The summed E-state index contributed by atoms with van der Waals surface area (Å²) in [6.45, 7) is 2.02. The van der Waals surface area contributed by atoms with E-state index in [0.717, 1.165) is 24.8 Å². The molecule has 1 atom stereocenters. The lowest BCUT2D eigenvalue weighted by Gasteiger charge is -2.33. The zero-order chi connectivity index (χ0) is 17.6. The molecule has 0 radical (unpaired) electrons. The van der Waals surface area contributed by atoms with Crippen LogP contribution in [0.5, 0.6) is 0 Å². The molecule has 1 fully saturated rings. The monoisotopic (exact) mass is 335 g/mol. The first kappa shape index (κ1) is 18.4. The Morgan fingerprint density at radius 3 is 2.62 bits per heavy atom. The molecule has 0 spiro atoms. The summed E-state index contributed by atoms with van der Waals surface area (Å²) in [5.74, 6) is -1.44. The number of amides is 1. The van der Waals surface area contributed by atoms with Gasteiger partial charge in [-0.25, -0.2) is 4.39 Å². The number of carboxylic acid groups (broad SMARTS) is 1. The molecule has 132 valence electrons. The van der Waals surface area contributed by atoms with Crippen molar-refractivity contribution in [1.82, 2.24) is 5.32 Å². The number of hydrogen-bond acceptors (Lipinski definition) is 2. The van der Waals surface area contributed by atoms with Crippen LogP contribution in [-0.4, -0.2) is 23.5 Å². The van der Waals surface area contributed by atoms with Crippen LogP contribution < -0.4 is 5.32 Å². The van der Waals surface area contributed by atoms with Gasteiger partial charge >= 0.3 is 5.97 Å². The molecule has 4 nitrogen and oxygen atoms in total. The Balaban J connectivity index is 1.83. The molecule has 0 saturated heterocycles. The van der Waals surface area contributed by atoms with Crippen molar-refractivity contribution in [2.45, 2.75) is 51.9 Å². The summed E-state index contributed by atoms with van der Waals surface area (Å²) >= 11 is 0. The second kappa shape index (κ2) is 8.27. The van der Waals surface area contributed by atoms with Crippen LogP contribution in [0.1, 0.15) is 51.0 Å². The van der Waals surface area contributed by atoms with Crippen molar-refractivity contribution in [1.29, 1.82) is 0 Å². The minimum absolute atomic E-state index is 0.127. The second-order valence-electron chi connectivity index (χ2n) is 6.93. The number of carbonyl (C=O) groups is 2. The topological polar surface area (TPSA) is 66.4 Å². The minimum atomic E-state index is -0.810. The lowest BCUT2D eigenvalue weighted by molar-refractivity contribution is -0.151. The smallest absolute Gasteiger partial charge is 0.311 e. The number of carbonyl (C=O) groups excluding carboxylic acids is 1. The molecular weight excluding hydrogens is 309 g/mol. The average molecular weight is 335 g/mol. The average Bonchev–Trinajstić information content (AvgIpc) is 2.58. The van der Waals surface area contributed by atoms with Gasteiger partial charge in [-0.1, -0.05) is 38.3 Å². The van der Waals surface area contributed by atoms with E-state index in [9.17, 15) is 19.1 Å². The van der Waals surface area contributed by atoms with E-state index < -0.39 is 11.4 Å². The molecule has 24 heavy (non-hydrogen) atoms. The molecular formula is C19H26FNO3. The Kier molecular flexibility index (Phi) is 6.35. The molecule has 1 saturated carbocycles. The first-order chi connectivity index (χ1) is 11.4. The molecule has 5 heteroatoms. The molecule has 1 aliphatic rings. The summed E-state index contributed by atoms with van der Waals surface area (Å²) in [7, 11) is 0. The van der Waals surface area contributed by atoms with Crippen LogP contribution >= 0.6 is 0 Å². The van der Waals surface area contributed by atoms with Crippen LogP contribution in [0.3, 0.4) is 0 Å². The largest absolute Gasteiger partial charge is 0.481 e. The lowest BCUT2D eigenvalue weighted by Crippen LogP contribution is -2.45. The van der Waals surface area contributed by atoms with Gasteiger partial charge in [-0.2, -0.15) is 0 Å². The summed E-state index contributed by atoms with van der Waals surface area (Å²) in [6.07, 6.45) is 5.34. The summed E-state index contributed by atoms with van der Waals surface area (Å²) in [6, 6.07) is 6.38. The quantitative estimate of drug-likeness (QED) is 0.801. The fraction of sp³-hybridized carbons (Fsp3) is 0.579. The molecule has 2 rings (SSSR count). The number of aliphatic carboxylic acids is 1. The zero-order valence-electron chi connectivity index (χ0n) is 14.2. The number of rotatable bonds is 7. The Bertz CT molecular complexity index is 582. The van der Waals surface area contributed by atoms with E-state index in [1.54, 1.807) is 6.07 Å². The van der Waals surface area contributed by atoms with Crippen LogP contribution in [-0.2, 0) is 16.0 Å². The molecule has 1 amide bonds. The Labute approximate surface area is 142 Å². The Morgan fingerprint density at radius 1 is 1.29 bits per heavy atom. The van der Waals surface area contributed by atoms with Gasteiger partial charge < -0.3 is 10.4 Å². The van der Waals surface area contributed by atoms with Gasteiger partial charge in [-0.3, -0.25) is 9.59 Å². The highest BCUT2D eigenvalue weighted by atomic mass is 19.1. The third-order valence-electron chi connectivity index (χ3n) is 5.07. The second-order valence-corrected chi connectivity index (χ2v) is 6.93. The highest BCUT2D eigenvalue weighted by Crippen LogP contribution is 2.36. The summed E-state index contributed by atoms with van der Waals surface area (Å²) in [4.78, 5) is 23.9. The fourth-order valence-corrected chi connectivity index (χ4v) is 3.33. The zero-order valence-corrected chi connectivity index (χ0v) is 14.2. The van der Waals surface area contributed by atoms with Crippen molar-refractivity contribution in [2.24, 2.45) is 11.3 Å². The maximum absolute atomic E-state index is 13.2. The number of hydrogen-bond donors (Lipinski definition) is 2. The third-order valence-corrected chi connectivity index (χ3v) is 5.07. The van der Waals surface area contributed by atoms with Crippen molar-refractivity contribution in [3.05, 3.63) is 35.6 Å². The van der Waals surface area contributed by atoms with Gasteiger partial charge in [0, 0.05) is 12.5 Å². The van der Waals surface area contributed by atoms with E-state index in [-0.39, 0.29) is 24.2 Å². The summed E-state index contributed by atoms with van der Waals surface area (Å²) in [5, 5.41) is 12.4. The fourth-order valence-electron chi connectivity index (χ4n) is 3.33. The molecule has 0 aromatic heterocycles. The van der Waals surface area contributed by atoms with Crippen LogP contribution in [0.4, 0.5) is 4.39 Å². The van der Waals surface area contributed by atoms with Crippen LogP contribution in [0.2, 0.25) is 0 Å². The van der Waals surface area contributed by atoms with Crippen LogP contribution in [0.15, 0.2) is 24.3 Å². The van der Waals surface area contributed by atoms with E-state index in [4.69, 9.17) is 0 Å². The van der Waals surface area contributed by atoms with Crippen LogP contribution in [0, 0.1) is 17.2 Å². The van der Waals surface area contributed by atoms with Crippen LogP contribution in [0.25, 0.3) is 0 Å². The van der Waals surface area contributed by atoms with Crippen molar-refractivity contribution in [3.8, 4) is 0 Å². The predicted octanol–water partition coefficient (Wildman–Crippen LogP) is 3.55. The van der Waals surface area contributed by atoms with Gasteiger partial charge in [0.2, 0.25) is 5.91 Å². The van der Waals surface area contributed by atoms with Crippen molar-refractivity contribution < 1.29 is 19.1 Å². The van der Waals surface area contributed by atoms with E-state index >= 15 is 0 Å². The molecule has 1 aliphatic carbocycles.